The number of anilines is 1. The van der Waals surface area contributed by atoms with E-state index >= 15 is 0 Å². The van der Waals surface area contributed by atoms with E-state index in [1.807, 2.05) is 12.1 Å². The van der Waals surface area contributed by atoms with E-state index in [2.05, 4.69) is 0 Å². The fourth-order valence-electron chi connectivity index (χ4n) is 2.09. The van der Waals surface area contributed by atoms with Gasteiger partial charge >= 0.3 is 5.69 Å². The third-order valence-corrected chi connectivity index (χ3v) is 3.04. The van der Waals surface area contributed by atoms with E-state index in [0.29, 0.717) is 12.1 Å². The number of nitriles is 1. The first-order chi connectivity index (χ1) is 10.0. The lowest BCUT2D eigenvalue weighted by atomic mass is 10.1. The quantitative estimate of drug-likeness (QED) is 0.638. The highest BCUT2D eigenvalue weighted by Gasteiger charge is 2.22. The maximum absolute atomic E-state index is 13.6. The van der Waals surface area contributed by atoms with Gasteiger partial charge in [0.2, 0.25) is 5.82 Å². The number of hydrogen-bond acceptors (Lipinski definition) is 4. The van der Waals surface area contributed by atoms with Crippen LogP contribution in [0.15, 0.2) is 42.5 Å². The summed E-state index contributed by atoms with van der Waals surface area (Å²) in [5.41, 5.74) is 0.976. The largest absolute Gasteiger partial charge is 0.365 e. The van der Waals surface area contributed by atoms with Gasteiger partial charge in [-0.05, 0) is 29.8 Å². The van der Waals surface area contributed by atoms with E-state index in [-0.39, 0.29) is 5.69 Å². The van der Waals surface area contributed by atoms with Gasteiger partial charge in [0, 0.05) is 13.6 Å². The minimum atomic E-state index is -0.866. The molecule has 0 fully saturated rings. The fourth-order valence-corrected chi connectivity index (χ4v) is 2.09. The predicted molar refractivity (Wildman–Crippen MR) is 76.3 cm³/mol. The Hall–Kier alpha value is -2.94. The van der Waals surface area contributed by atoms with Crippen LogP contribution >= 0.6 is 0 Å². The molecular weight excluding hydrogens is 273 g/mol. The molecule has 0 aliphatic carbocycles. The van der Waals surface area contributed by atoms with Gasteiger partial charge in [0.1, 0.15) is 5.69 Å². The lowest BCUT2D eigenvalue weighted by molar-refractivity contribution is -0.386. The van der Waals surface area contributed by atoms with Crippen LogP contribution in [-0.4, -0.2) is 12.0 Å². The lowest BCUT2D eigenvalue weighted by Gasteiger charge is -2.19. The van der Waals surface area contributed by atoms with Crippen LogP contribution in [0, 0.1) is 27.3 Å². The topological polar surface area (TPSA) is 70.2 Å². The summed E-state index contributed by atoms with van der Waals surface area (Å²) in [5.74, 6) is -0.866. The monoisotopic (exact) mass is 285 g/mol. The molecule has 5 nitrogen and oxygen atoms in total. The molecule has 0 aliphatic rings. The summed E-state index contributed by atoms with van der Waals surface area (Å²) in [6.07, 6.45) is 0. The Morgan fingerprint density at radius 1 is 1.33 bits per heavy atom. The van der Waals surface area contributed by atoms with Crippen molar-refractivity contribution in [2.24, 2.45) is 0 Å². The molecule has 0 atom stereocenters. The van der Waals surface area contributed by atoms with Gasteiger partial charge in [0.25, 0.3) is 0 Å². The van der Waals surface area contributed by atoms with Gasteiger partial charge in [-0.2, -0.15) is 9.65 Å². The molecule has 0 aliphatic heterocycles. The lowest BCUT2D eigenvalue weighted by Crippen LogP contribution is -2.18. The molecule has 2 aromatic carbocycles. The van der Waals surface area contributed by atoms with Crippen LogP contribution in [0.25, 0.3) is 0 Å². The SMILES string of the molecule is CN(Cc1cccc(C#N)c1)c1cccc(F)c1[N+](=O)[O-]. The minimum Gasteiger partial charge on any atom is -0.365 e. The van der Waals surface area contributed by atoms with Gasteiger partial charge in [-0.3, -0.25) is 10.1 Å². The second kappa shape index (κ2) is 6.01. The van der Waals surface area contributed by atoms with Crippen LogP contribution in [0.1, 0.15) is 11.1 Å². The Morgan fingerprint density at radius 3 is 2.71 bits per heavy atom. The molecule has 0 unspecified atom stereocenters. The van der Waals surface area contributed by atoms with Crippen LogP contribution in [0.2, 0.25) is 0 Å². The Labute approximate surface area is 121 Å². The smallest absolute Gasteiger partial charge is 0.327 e. The molecule has 0 heterocycles. The molecule has 0 N–H and O–H groups in total. The molecule has 2 aromatic rings. The average Bonchev–Trinajstić information content (AvgIpc) is 2.46. The molecule has 6 heteroatoms. The summed E-state index contributed by atoms with van der Waals surface area (Å²) in [6, 6.07) is 12.9. The molecule has 0 spiro atoms. The maximum atomic E-state index is 13.6. The van der Waals surface area contributed by atoms with Gasteiger partial charge in [-0.25, -0.2) is 0 Å². The van der Waals surface area contributed by atoms with Gasteiger partial charge in [-0.15, -0.1) is 0 Å². The van der Waals surface area contributed by atoms with Crippen LogP contribution in [-0.2, 0) is 6.54 Å². The maximum Gasteiger partial charge on any atom is 0.327 e. The molecule has 0 radical (unpaired) electrons. The number of benzene rings is 2. The zero-order valence-electron chi connectivity index (χ0n) is 11.3. The number of para-hydroxylation sites is 1. The third kappa shape index (κ3) is 3.15. The Bertz CT molecular complexity index is 725. The summed E-state index contributed by atoms with van der Waals surface area (Å²) in [7, 11) is 1.64. The van der Waals surface area contributed by atoms with E-state index in [1.165, 1.54) is 12.1 Å². The molecule has 0 saturated heterocycles. The van der Waals surface area contributed by atoms with Gasteiger partial charge in [0.05, 0.1) is 16.6 Å². The highest BCUT2D eigenvalue weighted by atomic mass is 19.1. The Balaban J connectivity index is 2.33. The van der Waals surface area contributed by atoms with Crippen LogP contribution in [0.5, 0.6) is 0 Å². The molecule has 2 rings (SSSR count). The molecule has 0 bridgehead atoms. The first-order valence-electron chi connectivity index (χ1n) is 6.16. The van der Waals surface area contributed by atoms with Crippen LogP contribution in [0.3, 0.4) is 0 Å². The van der Waals surface area contributed by atoms with Crippen LogP contribution in [0.4, 0.5) is 15.8 Å². The zero-order chi connectivity index (χ0) is 15.4. The van der Waals surface area contributed by atoms with E-state index in [4.69, 9.17) is 5.26 Å². The number of hydrogen-bond donors (Lipinski definition) is 0. The summed E-state index contributed by atoms with van der Waals surface area (Å²) in [4.78, 5) is 11.8. The Morgan fingerprint density at radius 2 is 2.05 bits per heavy atom. The molecule has 0 amide bonds. The molecular formula is C15H12FN3O2. The van der Waals surface area contributed by atoms with Crippen molar-refractivity contribution in [3.8, 4) is 6.07 Å². The molecule has 21 heavy (non-hydrogen) atoms. The average molecular weight is 285 g/mol. The predicted octanol–water partition coefficient (Wildman–Crippen LogP) is 3.24. The first kappa shape index (κ1) is 14.5. The summed E-state index contributed by atoms with van der Waals surface area (Å²) >= 11 is 0. The number of nitro benzene ring substituents is 1. The van der Waals surface area contributed by atoms with Crippen molar-refractivity contribution < 1.29 is 9.31 Å². The second-order valence-electron chi connectivity index (χ2n) is 4.53. The van der Waals surface area contributed by atoms with Crippen LogP contribution < -0.4 is 4.90 Å². The summed E-state index contributed by atoms with van der Waals surface area (Å²) in [6.45, 7) is 0.333. The normalized spacial score (nSPS) is 9.95. The van der Waals surface area contributed by atoms with Gasteiger partial charge < -0.3 is 4.90 Å². The Kier molecular flexibility index (Phi) is 4.14. The third-order valence-electron chi connectivity index (χ3n) is 3.04. The minimum absolute atomic E-state index is 0.197. The van der Waals surface area contributed by atoms with Crippen molar-refractivity contribution in [2.45, 2.75) is 6.54 Å². The van der Waals surface area contributed by atoms with Crippen molar-refractivity contribution in [2.75, 3.05) is 11.9 Å². The number of nitrogens with zero attached hydrogens (tertiary/aromatic N) is 3. The highest BCUT2D eigenvalue weighted by Crippen LogP contribution is 2.30. The summed E-state index contributed by atoms with van der Waals surface area (Å²) < 4.78 is 13.6. The molecule has 0 saturated carbocycles. The first-order valence-corrected chi connectivity index (χ1v) is 6.16. The van der Waals surface area contributed by atoms with Gasteiger partial charge in [-0.1, -0.05) is 18.2 Å². The van der Waals surface area contributed by atoms with E-state index in [0.717, 1.165) is 11.6 Å². The second-order valence-corrected chi connectivity index (χ2v) is 4.53. The zero-order valence-corrected chi connectivity index (χ0v) is 11.3. The number of rotatable bonds is 4. The fraction of sp³-hybridized carbons (Fsp3) is 0.133. The summed E-state index contributed by atoms with van der Waals surface area (Å²) in [5, 5.41) is 19.9. The number of halogens is 1. The number of nitro groups is 1. The van der Waals surface area contributed by atoms with Gasteiger partial charge in [0.15, 0.2) is 0 Å². The van der Waals surface area contributed by atoms with Crippen molar-refractivity contribution in [1.29, 1.82) is 5.26 Å². The van der Waals surface area contributed by atoms with Crippen molar-refractivity contribution >= 4 is 11.4 Å². The van der Waals surface area contributed by atoms with Crippen molar-refractivity contribution in [1.82, 2.24) is 0 Å². The standard InChI is InChI=1S/C15H12FN3O2/c1-18(10-12-5-2-4-11(8-12)9-17)14-7-3-6-13(16)15(14)19(20)21/h2-8H,10H2,1H3. The highest BCUT2D eigenvalue weighted by molar-refractivity contribution is 5.63. The van der Waals surface area contributed by atoms with E-state index in [1.54, 1.807) is 30.1 Å². The van der Waals surface area contributed by atoms with E-state index in [9.17, 15) is 14.5 Å². The molecule has 106 valence electrons. The van der Waals surface area contributed by atoms with Crippen molar-refractivity contribution in [3.63, 3.8) is 0 Å². The van der Waals surface area contributed by atoms with Crippen molar-refractivity contribution in [3.05, 3.63) is 69.5 Å². The molecule has 0 aromatic heterocycles. The van der Waals surface area contributed by atoms with E-state index < -0.39 is 16.4 Å².